The monoisotopic (exact) mass is 180 g/mol. The number of allylic oxidation sites excluding steroid dienone is 2. The van der Waals surface area contributed by atoms with E-state index in [9.17, 15) is 0 Å². The van der Waals surface area contributed by atoms with Crippen molar-refractivity contribution in [2.45, 2.75) is 53.9 Å². The molecule has 0 heterocycles. The van der Waals surface area contributed by atoms with E-state index >= 15 is 0 Å². The highest BCUT2D eigenvalue weighted by atomic mass is 14.3. The van der Waals surface area contributed by atoms with Crippen LogP contribution in [-0.2, 0) is 0 Å². The molecule has 1 aliphatic rings. The Labute approximate surface area is 83.4 Å². The molecule has 0 saturated carbocycles. The summed E-state index contributed by atoms with van der Waals surface area (Å²) in [4.78, 5) is 0. The standard InChI is InChI=1S/C13H24/c1-9(2)12-8-6-7-11(5)13(12)10(3)4/h9-11H,6-8H2,1-5H3. The van der Waals surface area contributed by atoms with E-state index in [1.807, 2.05) is 0 Å². The molecule has 0 aromatic rings. The molecule has 0 fully saturated rings. The number of hydrogen-bond donors (Lipinski definition) is 0. The third-order valence-electron chi connectivity index (χ3n) is 3.30. The number of rotatable bonds is 2. The molecule has 76 valence electrons. The van der Waals surface area contributed by atoms with Gasteiger partial charge in [-0.15, -0.1) is 0 Å². The lowest BCUT2D eigenvalue weighted by molar-refractivity contribution is 0.457. The highest BCUT2D eigenvalue weighted by molar-refractivity contribution is 5.22. The minimum absolute atomic E-state index is 0.757. The lowest BCUT2D eigenvalue weighted by Crippen LogP contribution is -2.16. The average Bonchev–Trinajstić information content (AvgIpc) is 2.02. The summed E-state index contributed by atoms with van der Waals surface area (Å²) in [6.07, 6.45) is 4.17. The van der Waals surface area contributed by atoms with Crippen LogP contribution in [0.25, 0.3) is 0 Å². The molecule has 0 saturated heterocycles. The molecule has 0 bridgehead atoms. The lowest BCUT2D eigenvalue weighted by atomic mass is 9.75. The molecule has 1 aliphatic carbocycles. The van der Waals surface area contributed by atoms with E-state index in [4.69, 9.17) is 0 Å². The zero-order valence-corrected chi connectivity index (χ0v) is 9.85. The van der Waals surface area contributed by atoms with Crippen molar-refractivity contribution >= 4 is 0 Å². The van der Waals surface area contributed by atoms with Crippen molar-refractivity contribution in [3.05, 3.63) is 11.1 Å². The van der Waals surface area contributed by atoms with Crippen LogP contribution in [-0.4, -0.2) is 0 Å². The third kappa shape index (κ3) is 2.36. The molecule has 0 aromatic heterocycles. The Morgan fingerprint density at radius 2 is 1.69 bits per heavy atom. The van der Waals surface area contributed by atoms with Crippen LogP contribution in [0.4, 0.5) is 0 Å². The van der Waals surface area contributed by atoms with Gasteiger partial charge in [-0.25, -0.2) is 0 Å². The largest absolute Gasteiger partial charge is 0.0679 e. The molecular formula is C13H24. The minimum atomic E-state index is 0.757. The molecule has 1 unspecified atom stereocenters. The van der Waals surface area contributed by atoms with Gasteiger partial charge in [-0.1, -0.05) is 45.8 Å². The second-order valence-corrected chi connectivity index (χ2v) is 5.08. The van der Waals surface area contributed by atoms with E-state index in [-0.39, 0.29) is 0 Å². The fraction of sp³-hybridized carbons (Fsp3) is 0.846. The van der Waals surface area contributed by atoms with Gasteiger partial charge in [0.05, 0.1) is 0 Å². The molecule has 0 aromatic carbocycles. The van der Waals surface area contributed by atoms with E-state index in [2.05, 4.69) is 34.6 Å². The highest BCUT2D eigenvalue weighted by Gasteiger charge is 2.22. The molecule has 13 heavy (non-hydrogen) atoms. The predicted octanol–water partition coefficient (Wildman–Crippen LogP) is 4.42. The molecule has 0 nitrogen and oxygen atoms in total. The van der Waals surface area contributed by atoms with Gasteiger partial charge >= 0.3 is 0 Å². The van der Waals surface area contributed by atoms with Gasteiger partial charge in [-0.2, -0.15) is 0 Å². The maximum Gasteiger partial charge on any atom is -0.0226 e. The van der Waals surface area contributed by atoms with Crippen LogP contribution in [0.15, 0.2) is 11.1 Å². The fourth-order valence-corrected chi connectivity index (χ4v) is 2.78. The zero-order chi connectivity index (χ0) is 10.0. The van der Waals surface area contributed by atoms with Crippen LogP contribution in [0, 0.1) is 17.8 Å². The topological polar surface area (TPSA) is 0 Å². The van der Waals surface area contributed by atoms with Crippen molar-refractivity contribution in [3.63, 3.8) is 0 Å². The fourth-order valence-electron chi connectivity index (χ4n) is 2.78. The van der Waals surface area contributed by atoms with Crippen LogP contribution >= 0.6 is 0 Å². The predicted molar refractivity (Wildman–Crippen MR) is 59.7 cm³/mol. The zero-order valence-electron chi connectivity index (χ0n) is 9.85. The summed E-state index contributed by atoms with van der Waals surface area (Å²) in [7, 11) is 0. The van der Waals surface area contributed by atoms with Crippen molar-refractivity contribution in [1.82, 2.24) is 0 Å². The molecule has 1 rings (SSSR count). The first-order chi connectivity index (χ1) is 6.04. The average molecular weight is 180 g/mol. The smallest absolute Gasteiger partial charge is 0.0226 e. The van der Waals surface area contributed by atoms with Crippen molar-refractivity contribution in [3.8, 4) is 0 Å². The molecule has 0 amide bonds. The van der Waals surface area contributed by atoms with Gasteiger partial charge < -0.3 is 0 Å². The summed E-state index contributed by atoms with van der Waals surface area (Å²) in [6, 6.07) is 0. The first-order valence-electron chi connectivity index (χ1n) is 5.76. The van der Waals surface area contributed by atoms with Crippen LogP contribution in [0.2, 0.25) is 0 Å². The Kier molecular flexibility index (Phi) is 3.58. The van der Waals surface area contributed by atoms with Crippen molar-refractivity contribution < 1.29 is 0 Å². The second-order valence-electron chi connectivity index (χ2n) is 5.08. The molecule has 1 atom stereocenters. The summed E-state index contributed by atoms with van der Waals surface area (Å²) in [5.41, 5.74) is 3.52. The SMILES string of the molecule is CC(C)C1=C(C(C)C)C(C)CCC1. The molecule has 0 spiro atoms. The van der Waals surface area contributed by atoms with Gasteiger partial charge in [0.2, 0.25) is 0 Å². The Balaban J connectivity index is 2.97. The van der Waals surface area contributed by atoms with E-state index in [0.717, 1.165) is 17.8 Å². The molecule has 0 heteroatoms. The minimum Gasteiger partial charge on any atom is -0.0679 e. The lowest BCUT2D eigenvalue weighted by Gasteiger charge is -2.31. The van der Waals surface area contributed by atoms with Gasteiger partial charge in [0, 0.05) is 0 Å². The van der Waals surface area contributed by atoms with E-state index < -0.39 is 0 Å². The maximum atomic E-state index is 2.40. The molecule has 0 aliphatic heterocycles. The summed E-state index contributed by atoms with van der Waals surface area (Å²) >= 11 is 0. The van der Waals surface area contributed by atoms with Gasteiger partial charge in [0.1, 0.15) is 0 Å². The van der Waals surface area contributed by atoms with Crippen LogP contribution in [0.3, 0.4) is 0 Å². The van der Waals surface area contributed by atoms with Crippen molar-refractivity contribution in [2.24, 2.45) is 17.8 Å². The van der Waals surface area contributed by atoms with Gasteiger partial charge in [0.25, 0.3) is 0 Å². The van der Waals surface area contributed by atoms with Gasteiger partial charge in [-0.05, 0) is 37.0 Å². The van der Waals surface area contributed by atoms with E-state index in [1.54, 1.807) is 11.1 Å². The normalized spacial score (nSPS) is 24.7. The Bertz CT molecular complexity index is 196. The molecular weight excluding hydrogens is 156 g/mol. The first-order valence-corrected chi connectivity index (χ1v) is 5.76. The highest BCUT2D eigenvalue weighted by Crippen LogP contribution is 2.37. The van der Waals surface area contributed by atoms with Crippen molar-refractivity contribution in [1.29, 1.82) is 0 Å². The summed E-state index contributed by atoms with van der Waals surface area (Å²) < 4.78 is 0. The van der Waals surface area contributed by atoms with Crippen molar-refractivity contribution in [2.75, 3.05) is 0 Å². The van der Waals surface area contributed by atoms with Crippen LogP contribution < -0.4 is 0 Å². The Morgan fingerprint density at radius 1 is 1.08 bits per heavy atom. The van der Waals surface area contributed by atoms with Gasteiger partial charge in [-0.3, -0.25) is 0 Å². The third-order valence-corrected chi connectivity index (χ3v) is 3.30. The summed E-state index contributed by atoms with van der Waals surface area (Å²) in [5.74, 6) is 2.36. The van der Waals surface area contributed by atoms with Crippen LogP contribution in [0.5, 0.6) is 0 Å². The summed E-state index contributed by atoms with van der Waals surface area (Å²) in [5, 5.41) is 0. The van der Waals surface area contributed by atoms with Crippen LogP contribution in [0.1, 0.15) is 53.9 Å². The molecule has 0 N–H and O–H groups in total. The van der Waals surface area contributed by atoms with E-state index in [0.29, 0.717) is 0 Å². The Hall–Kier alpha value is -0.260. The number of hydrogen-bond acceptors (Lipinski definition) is 0. The summed E-state index contributed by atoms with van der Waals surface area (Å²) in [6.45, 7) is 11.8. The first kappa shape index (κ1) is 10.8. The maximum absolute atomic E-state index is 2.40. The second kappa shape index (κ2) is 4.30. The van der Waals surface area contributed by atoms with Gasteiger partial charge in [0.15, 0.2) is 0 Å². The Morgan fingerprint density at radius 3 is 2.08 bits per heavy atom. The quantitative estimate of drug-likeness (QED) is 0.552. The molecule has 0 radical (unpaired) electrons. The van der Waals surface area contributed by atoms with E-state index in [1.165, 1.54) is 19.3 Å².